The van der Waals surface area contributed by atoms with E-state index in [1.54, 1.807) is 29.0 Å². The van der Waals surface area contributed by atoms with Gasteiger partial charge in [-0.2, -0.15) is 4.98 Å². The lowest BCUT2D eigenvalue weighted by atomic mass is 9.96. The SMILES string of the molecule is CN(CCOCCOCCOCCOCCN=[N+]=[N-])c1nc(N2CCN(C(=O)OC(C)(C)C)CC2)c2cc(Cl)c(-c3cc(O)cc4ccccc34)c(F)c2n1. The molecule has 15 nitrogen and oxygen atoms in total. The number of fused-ring (bicyclic) bond motifs is 2. The Bertz CT molecular complexity index is 1970. The summed E-state index contributed by atoms with van der Waals surface area (Å²) in [7, 11) is 1.81. The van der Waals surface area contributed by atoms with Gasteiger partial charge in [0.25, 0.3) is 0 Å². The van der Waals surface area contributed by atoms with Crippen LogP contribution in [0.3, 0.4) is 0 Å². The van der Waals surface area contributed by atoms with Gasteiger partial charge in [0.1, 0.15) is 22.7 Å². The smallest absolute Gasteiger partial charge is 0.410 e. The summed E-state index contributed by atoms with van der Waals surface area (Å²) in [5, 5.41) is 16.0. The number of benzene rings is 3. The number of ether oxygens (including phenoxy) is 5. The fourth-order valence-electron chi connectivity index (χ4n) is 5.97. The average molecular weight is 783 g/mol. The number of piperazine rings is 1. The molecular weight excluding hydrogens is 735 g/mol. The molecule has 1 amide bonds. The Morgan fingerprint density at radius 3 is 2.24 bits per heavy atom. The van der Waals surface area contributed by atoms with Crippen molar-refractivity contribution in [2.75, 3.05) is 109 Å². The van der Waals surface area contributed by atoms with Gasteiger partial charge in [-0.15, -0.1) is 0 Å². The lowest BCUT2D eigenvalue weighted by Crippen LogP contribution is -2.50. The normalized spacial score (nSPS) is 13.3. The molecule has 0 unspecified atom stereocenters. The number of nitrogens with zero attached hydrogens (tertiary/aromatic N) is 8. The number of likely N-dealkylation sites (N-methyl/N-ethyl adjacent to an activating group) is 1. The quantitative estimate of drug-likeness (QED) is 0.0487. The minimum Gasteiger partial charge on any atom is -0.508 e. The number of amides is 1. The molecule has 0 radical (unpaired) electrons. The number of phenols is 1. The molecule has 1 aliphatic rings. The van der Waals surface area contributed by atoms with Crippen molar-refractivity contribution in [3.05, 3.63) is 63.7 Å². The number of aromatic nitrogens is 2. The van der Waals surface area contributed by atoms with E-state index in [0.29, 0.717) is 102 Å². The molecule has 2 heterocycles. The second-order valence-corrected chi connectivity index (χ2v) is 14.2. The molecule has 1 aliphatic heterocycles. The molecule has 296 valence electrons. The van der Waals surface area contributed by atoms with Gasteiger partial charge in [-0.1, -0.05) is 41.0 Å². The summed E-state index contributed by atoms with van der Waals surface area (Å²) < 4.78 is 44.6. The van der Waals surface area contributed by atoms with Gasteiger partial charge in [0.05, 0.1) is 57.9 Å². The van der Waals surface area contributed by atoms with Crippen molar-refractivity contribution in [3.63, 3.8) is 0 Å². The molecule has 1 N–H and O–H groups in total. The van der Waals surface area contributed by atoms with Crippen LogP contribution in [0.5, 0.6) is 5.75 Å². The number of hydrogen-bond donors (Lipinski definition) is 1. The first kappa shape index (κ1) is 41.5. The van der Waals surface area contributed by atoms with Crippen LogP contribution in [0.15, 0.2) is 47.6 Å². The average Bonchev–Trinajstić information content (AvgIpc) is 3.15. The Morgan fingerprint density at radius 1 is 0.945 bits per heavy atom. The first-order valence-corrected chi connectivity index (χ1v) is 18.5. The van der Waals surface area contributed by atoms with E-state index in [1.165, 1.54) is 6.07 Å². The maximum Gasteiger partial charge on any atom is 0.410 e. The minimum atomic E-state index is -0.640. The zero-order valence-corrected chi connectivity index (χ0v) is 32.4. The van der Waals surface area contributed by atoms with E-state index in [0.717, 1.165) is 10.8 Å². The van der Waals surface area contributed by atoms with Crippen LogP contribution in [-0.4, -0.2) is 131 Å². The van der Waals surface area contributed by atoms with Crippen molar-refractivity contribution in [1.29, 1.82) is 0 Å². The molecule has 1 aromatic heterocycles. The number of halogens is 2. The fraction of sp³-hybridized carbons (Fsp3) is 0.500. The molecule has 5 rings (SSSR count). The highest BCUT2D eigenvalue weighted by molar-refractivity contribution is 6.35. The molecule has 3 aromatic carbocycles. The Balaban J connectivity index is 1.29. The molecule has 0 bridgehead atoms. The Morgan fingerprint density at radius 2 is 1.58 bits per heavy atom. The van der Waals surface area contributed by atoms with Gasteiger partial charge in [-0.25, -0.2) is 14.2 Å². The largest absolute Gasteiger partial charge is 0.508 e. The molecule has 0 spiro atoms. The number of carbonyl (C=O) groups is 1. The van der Waals surface area contributed by atoms with E-state index in [1.807, 2.05) is 49.9 Å². The lowest BCUT2D eigenvalue weighted by molar-refractivity contribution is -0.000210. The fourth-order valence-corrected chi connectivity index (χ4v) is 6.26. The topological polar surface area (TPSA) is 168 Å². The van der Waals surface area contributed by atoms with E-state index in [2.05, 4.69) is 10.0 Å². The van der Waals surface area contributed by atoms with E-state index in [-0.39, 0.29) is 34.3 Å². The van der Waals surface area contributed by atoms with E-state index < -0.39 is 17.5 Å². The van der Waals surface area contributed by atoms with Crippen LogP contribution < -0.4 is 9.80 Å². The first-order chi connectivity index (χ1) is 26.5. The summed E-state index contributed by atoms with van der Waals surface area (Å²) in [6.07, 6.45) is -0.391. The van der Waals surface area contributed by atoms with Gasteiger partial charge in [-0.3, -0.25) is 0 Å². The zero-order valence-electron chi connectivity index (χ0n) is 31.7. The van der Waals surface area contributed by atoms with Crippen LogP contribution in [0.4, 0.5) is 21.0 Å². The third kappa shape index (κ3) is 11.4. The van der Waals surface area contributed by atoms with E-state index >= 15 is 4.39 Å². The second kappa shape index (κ2) is 19.8. The summed E-state index contributed by atoms with van der Waals surface area (Å²) in [5.41, 5.74) is 8.26. The molecule has 1 saturated heterocycles. The number of rotatable bonds is 18. The molecule has 0 saturated carbocycles. The third-order valence-electron chi connectivity index (χ3n) is 8.63. The highest BCUT2D eigenvalue weighted by atomic mass is 35.5. The Labute approximate surface area is 324 Å². The van der Waals surface area contributed by atoms with Crippen molar-refractivity contribution in [1.82, 2.24) is 14.9 Å². The van der Waals surface area contributed by atoms with Crippen molar-refractivity contribution in [2.24, 2.45) is 5.11 Å². The van der Waals surface area contributed by atoms with Gasteiger partial charge >= 0.3 is 6.09 Å². The van der Waals surface area contributed by atoms with Crippen molar-refractivity contribution >= 4 is 51.1 Å². The van der Waals surface area contributed by atoms with Crippen molar-refractivity contribution < 1.29 is 38.0 Å². The number of azide groups is 1. The predicted molar refractivity (Wildman–Crippen MR) is 210 cm³/mol. The van der Waals surface area contributed by atoms with Crippen LogP contribution in [-0.2, 0) is 23.7 Å². The van der Waals surface area contributed by atoms with E-state index in [9.17, 15) is 9.90 Å². The highest BCUT2D eigenvalue weighted by Gasteiger charge is 2.29. The molecule has 55 heavy (non-hydrogen) atoms. The maximum atomic E-state index is 17.0. The van der Waals surface area contributed by atoms with Crippen LogP contribution in [0.2, 0.25) is 5.02 Å². The Hall–Kier alpha value is -4.70. The first-order valence-electron chi connectivity index (χ1n) is 18.1. The van der Waals surface area contributed by atoms with Crippen LogP contribution >= 0.6 is 11.6 Å². The number of phenolic OH excluding ortho intramolecular Hbond substituents is 1. The summed E-state index contributed by atoms with van der Waals surface area (Å²) in [4.78, 5) is 30.5. The Kier molecular flexibility index (Phi) is 14.9. The van der Waals surface area contributed by atoms with Gasteiger partial charge in [-0.05, 0) is 60.8 Å². The number of anilines is 2. The third-order valence-corrected chi connectivity index (χ3v) is 8.92. The molecule has 4 aromatic rings. The molecule has 17 heteroatoms. The highest BCUT2D eigenvalue weighted by Crippen LogP contribution is 2.42. The predicted octanol–water partition coefficient (Wildman–Crippen LogP) is 6.82. The summed E-state index contributed by atoms with van der Waals surface area (Å²) in [5.74, 6) is 0.111. The monoisotopic (exact) mass is 782 g/mol. The summed E-state index contributed by atoms with van der Waals surface area (Å²) in [6.45, 7) is 10.8. The van der Waals surface area contributed by atoms with Gasteiger partial charge in [0, 0.05) is 62.2 Å². The van der Waals surface area contributed by atoms with Crippen LogP contribution in [0.25, 0.3) is 43.2 Å². The second-order valence-electron chi connectivity index (χ2n) is 13.8. The zero-order chi connectivity index (χ0) is 39.4. The molecular formula is C38H48ClFN8O7. The van der Waals surface area contributed by atoms with Gasteiger partial charge in [0.2, 0.25) is 5.95 Å². The van der Waals surface area contributed by atoms with Crippen LogP contribution in [0.1, 0.15) is 20.8 Å². The number of hydrogen-bond acceptors (Lipinski definition) is 12. The molecule has 0 atom stereocenters. The maximum absolute atomic E-state index is 17.0. The minimum absolute atomic E-state index is 0.0172. The van der Waals surface area contributed by atoms with Crippen molar-refractivity contribution in [2.45, 2.75) is 26.4 Å². The number of carbonyl (C=O) groups excluding carboxylic acids is 1. The summed E-state index contributed by atoms with van der Waals surface area (Å²) >= 11 is 6.89. The summed E-state index contributed by atoms with van der Waals surface area (Å²) in [6, 6.07) is 12.2. The standard InChI is InChI=1S/C38H48ClFN8O7/c1-38(2,3)55-37(50)48-12-10-47(11-13-48)35-30-25-31(39)32(29-24-27(49)23-26-7-5-6-8-28(26)29)33(40)34(30)43-36(44-35)46(4)14-16-52-18-20-54-22-21-53-19-17-51-15-9-42-45-41/h5-8,23-25,49H,9-22H2,1-4H3. The lowest BCUT2D eigenvalue weighted by Gasteiger charge is -2.36. The van der Waals surface area contributed by atoms with Crippen LogP contribution in [0, 0.1) is 5.82 Å². The van der Waals surface area contributed by atoms with Crippen molar-refractivity contribution in [3.8, 4) is 16.9 Å². The van der Waals surface area contributed by atoms with E-state index in [4.69, 9.17) is 50.8 Å². The molecule has 0 aliphatic carbocycles. The van der Waals surface area contributed by atoms with Gasteiger partial charge in [0.15, 0.2) is 5.82 Å². The number of aromatic hydroxyl groups is 1. The molecule has 1 fully saturated rings. The van der Waals surface area contributed by atoms with Gasteiger partial charge < -0.3 is 43.5 Å².